The molecule has 0 saturated carbocycles. The highest BCUT2D eigenvalue weighted by atomic mass is 15.3. The molecule has 3 rings (SSSR count). The van der Waals surface area contributed by atoms with Crippen molar-refractivity contribution in [1.29, 1.82) is 0 Å². The fourth-order valence-corrected chi connectivity index (χ4v) is 3.13. The molecular formula is C16H22N4. The summed E-state index contributed by atoms with van der Waals surface area (Å²) in [6.07, 6.45) is 3.00. The number of hydrogen-bond acceptors (Lipinski definition) is 3. The zero-order valence-corrected chi connectivity index (χ0v) is 12.1. The van der Waals surface area contributed by atoms with Crippen LogP contribution in [-0.4, -0.2) is 15.8 Å². The lowest BCUT2D eigenvalue weighted by Gasteiger charge is -2.36. The van der Waals surface area contributed by atoms with E-state index in [1.165, 1.54) is 16.8 Å². The monoisotopic (exact) mass is 270 g/mol. The molecule has 106 valence electrons. The van der Waals surface area contributed by atoms with Gasteiger partial charge in [0.25, 0.3) is 0 Å². The van der Waals surface area contributed by atoms with Gasteiger partial charge in [-0.25, -0.2) is 0 Å². The highest BCUT2D eigenvalue weighted by Gasteiger charge is 2.32. The van der Waals surface area contributed by atoms with Crippen molar-refractivity contribution in [2.24, 2.45) is 12.9 Å². The highest BCUT2D eigenvalue weighted by Crippen LogP contribution is 2.38. The topological polar surface area (TPSA) is 55.9 Å². The smallest absolute Gasteiger partial charge is 0.0624 e. The zero-order valence-electron chi connectivity index (χ0n) is 12.1. The van der Waals surface area contributed by atoms with Crippen molar-refractivity contribution in [3.05, 3.63) is 52.8 Å². The van der Waals surface area contributed by atoms with E-state index in [1.54, 1.807) is 0 Å². The SMILES string of the molecule is CCc1cc(CC(NN)C2Cc3ccccc32)n(C)n1. The first-order chi connectivity index (χ1) is 9.72. The van der Waals surface area contributed by atoms with E-state index in [0.717, 1.165) is 25.0 Å². The van der Waals surface area contributed by atoms with Crippen molar-refractivity contribution in [1.82, 2.24) is 15.2 Å². The fourth-order valence-electron chi connectivity index (χ4n) is 3.13. The number of nitrogens with two attached hydrogens (primary N) is 1. The Kier molecular flexibility index (Phi) is 3.59. The predicted octanol–water partition coefficient (Wildman–Crippen LogP) is 1.70. The molecule has 0 bridgehead atoms. The van der Waals surface area contributed by atoms with Crippen molar-refractivity contribution < 1.29 is 0 Å². The van der Waals surface area contributed by atoms with Crippen LogP contribution in [0.2, 0.25) is 0 Å². The van der Waals surface area contributed by atoms with Crippen LogP contribution < -0.4 is 11.3 Å². The van der Waals surface area contributed by atoms with Crippen LogP contribution in [-0.2, 0) is 26.3 Å². The van der Waals surface area contributed by atoms with Gasteiger partial charge in [0.05, 0.1) is 5.69 Å². The summed E-state index contributed by atoms with van der Waals surface area (Å²) in [5.41, 5.74) is 8.29. The van der Waals surface area contributed by atoms with Crippen LogP contribution in [0.25, 0.3) is 0 Å². The van der Waals surface area contributed by atoms with Gasteiger partial charge in [-0.3, -0.25) is 16.0 Å². The molecular weight excluding hydrogens is 248 g/mol. The Morgan fingerprint density at radius 2 is 2.25 bits per heavy atom. The number of rotatable bonds is 5. The molecule has 20 heavy (non-hydrogen) atoms. The average Bonchev–Trinajstić information content (AvgIpc) is 2.79. The van der Waals surface area contributed by atoms with Gasteiger partial charge in [-0.05, 0) is 30.0 Å². The molecule has 0 radical (unpaired) electrons. The van der Waals surface area contributed by atoms with Crippen LogP contribution in [0, 0.1) is 0 Å². The molecule has 1 heterocycles. The lowest BCUT2D eigenvalue weighted by Crippen LogP contribution is -2.45. The minimum Gasteiger partial charge on any atom is -0.272 e. The van der Waals surface area contributed by atoms with E-state index >= 15 is 0 Å². The molecule has 3 N–H and O–H groups in total. The van der Waals surface area contributed by atoms with Crippen LogP contribution in [0.5, 0.6) is 0 Å². The van der Waals surface area contributed by atoms with E-state index in [2.05, 4.69) is 47.8 Å². The molecule has 1 aliphatic carbocycles. The minimum atomic E-state index is 0.269. The Balaban J connectivity index is 1.77. The van der Waals surface area contributed by atoms with Crippen molar-refractivity contribution in [2.45, 2.75) is 38.1 Å². The van der Waals surface area contributed by atoms with Crippen LogP contribution in [0.3, 0.4) is 0 Å². The van der Waals surface area contributed by atoms with Gasteiger partial charge in [0.15, 0.2) is 0 Å². The lowest BCUT2D eigenvalue weighted by atomic mass is 9.72. The van der Waals surface area contributed by atoms with Crippen LogP contribution in [0.15, 0.2) is 30.3 Å². The second-order valence-electron chi connectivity index (χ2n) is 5.59. The van der Waals surface area contributed by atoms with Crippen molar-refractivity contribution in [3.63, 3.8) is 0 Å². The number of nitrogens with zero attached hydrogens (tertiary/aromatic N) is 2. The van der Waals surface area contributed by atoms with Crippen LogP contribution in [0.1, 0.15) is 35.4 Å². The molecule has 0 aliphatic heterocycles. The number of hydrogen-bond donors (Lipinski definition) is 2. The molecule has 1 aliphatic rings. The molecule has 0 spiro atoms. The van der Waals surface area contributed by atoms with E-state index in [-0.39, 0.29) is 6.04 Å². The molecule has 4 nitrogen and oxygen atoms in total. The summed E-state index contributed by atoms with van der Waals surface area (Å²) < 4.78 is 1.98. The maximum absolute atomic E-state index is 5.80. The predicted molar refractivity (Wildman–Crippen MR) is 80.3 cm³/mol. The van der Waals surface area contributed by atoms with Crippen molar-refractivity contribution in [2.75, 3.05) is 0 Å². The molecule has 1 aromatic heterocycles. The number of aryl methyl sites for hydroxylation is 2. The first-order valence-corrected chi connectivity index (χ1v) is 7.28. The standard InChI is InChI=1S/C16H22N4/c1-3-12-9-13(20(2)19-12)10-16(18-17)15-8-11-6-4-5-7-14(11)15/h4-7,9,15-16,18H,3,8,10,17H2,1-2H3. The van der Waals surface area contributed by atoms with Crippen LogP contribution in [0.4, 0.5) is 0 Å². The summed E-state index contributed by atoms with van der Waals surface area (Å²) in [5.74, 6) is 6.31. The molecule has 2 aromatic rings. The largest absolute Gasteiger partial charge is 0.272 e. The minimum absolute atomic E-state index is 0.269. The summed E-state index contributed by atoms with van der Waals surface area (Å²) in [6.45, 7) is 2.13. The number of fused-ring (bicyclic) bond motifs is 1. The van der Waals surface area contributed by atoms with Crippen molar-refractivity contribution in [3.8, 4) is 0 Å². The molecule has 0 amide bonds. The molecule has 2 atom stereocenters. The Morgan fingerprint density at radius 3 is 2.90 bits per heavy atom. The fraction of sp³-hybridized carbons (Fsp3) is 0.438. The third-order valence-electron chi connectivity index (χ3n) is 4.41. The van der Waals surface area contributed by atoms with E-state index in [9.17, 15) is 0 Å². The molecule has 0 fully saturated rings. The maximum atomic E-state index is 5.80. The molecule has 4 heteroatoms. The van der Waals surface area contributed by atoms with E-state index in [4.69, 9.17) is 5.84 Å². The Morgan fingerprint density at radius 1 is 1.45 bits per heavy atom. The third kappa shape index (κ3) is 2.25. The maximum Gasteiger partial charge on any atom is 0.0624 e. The van der Waals surface area contributed by atoms with Crippen molar-refractivity contribution >= 4 is 0 Å². The van der Waals surface area contributed by atoms with Gasteiger partial charge < -0.3 is 0 Å². The zero-order chi connectivity index (χ0) is 14.1. The molecule has 2 unspecified atom stereocenters. The molecule has 0 saturated heterocycles. The van der Waals surface area contributed by atoms with Gasteiger partial charge in [0.2, 0.25) is 0 Å². The van der Waals surface area contributed by atoms with E-state index < -0.39 is 0 Å². The number of nitrogens with one attached hydrogen (secondary N) is 1. The van der Waals surface area contributed by atoms with Gasteiger partial charge in [-0.1, -0.05) is 31.2 Å². The summed E-state index contributed by atoms with van der Waals surface area (Å²) in [7, 11) is 2.01. The average molecular weight is 270 g/mol. The van der Waals surface area contributed by atoms with Crippen LogP contribution >= 0.6 is 0 Å². The quantitative estimate of drug-likeness (QED) is 0.642. The summed E-state index contributed by atoms with van der Waals surface area (Å²) in [4.78, 5) is 0. The van der Waals surface area contributed by atoms with Gasteiger partial charge in [-0.15, -0.1) is 0 Å². The van der Waals surface area contributed by atoms with Gasteiger partial charge >= 0.3 is 0 Å². The number of benzene rings is 1. The highest BCUT2D eigenvalue weighted by molar-refractivity contribution is 5.41. The number of hydrazine groups is 1. The normalized spacial score (nSPS) is 18.4. The number of aromatic nitrogens is 2. The second kappa shape index (κ2) is 5.38. The summed E-state index contributed by atoms with van der Waals surface area (Å²) >= 11 is 0. The van der Waals surface area contributed by atoms with Gasteiger partial charge in [0, 0.05) is 31.1 Å². The second-order valence-corrected chi connectivity index (χ2v) is 5.59. The molecule has 1 aromatic carbocycles. The van der Waals surface area contributed by atoms with E-state index in [0.29, 0.717) is 5.92 Å². The Labute approximate surface area is 120 Å². The van der Waals surface area contributed by atoms with Gasteiger partial charge in [-0.2, -0.15) is 5.10 Å². The first kappa shape index (κ1) is 13.3. The first-order valence-electron chi connectivity index (χ1n) is 7.28. The Hall–Kier alpha value is -1.65. The lowest BCUT2D eigenvalue weighted by molar-refractivity contribution is 0.396. The van der Waals surface area contributed by atoms with E-state index in [1.807, 2.05) is 11.7 Å². The Bertz CT molecular complexity index is 602. The third-order valence-corrected chi connectivity index (χ3v) is 4.41. The summed E-state index contributed by atoms with van der Waals surface area (Å²) in [6, 6.07) is 11.1. The summed E-state index contributed by atoms with van der Waals surface area (Å²) in [5, 5.41) is 4.51. The van der Waals surface area contributed by atoms with Gasteiger partial charge in [0.1, 0.15) is 0 Å².